The van der Waals surface area contributed by atoms with E-state index in [4.69, 9.17) is 0 Å². The molecule has 2 aromatic rings. The number of hydrogen-bond donors (Lipinski definition) is 0. The first-order valence-electron chi connectivity index (χ1n) is 30.1. The highest BCUT2D eigenvalue weighted by molar-refractivity contribution is 5.61. The molecular weight excluding hydrogens is 817 g/mol. The summed E-state index contributed by atoms with van der Waals surface area (Å²) in [5, 5.41) is 0. The summed E-state index contributed by atoms with van der Waals surface area (Å²) in [7, 11) is 0. The summed E-state index contributed by atoms with van der Waals surface area (Å²) >= 11 is 0. The van der Waals surface area contributed by atoms with Gasteiger partial charge in [0.1, 0.15) is 0 Å². The molecule has 0 nitrogen and oxygen atoms in total. The standard InChI is InChI=1S/C68H104/c1-5-9-13-17-21-25-29-33-37-41-49-61-57-65-53-45-46-55-67-59-63(51-43-39-35-31-27-23-19-15-11-7-3)64(52-44-40-36-32-28-24-20-16-12-8-4)60-68(67)56-48-47-54-66(65)58-62(61)50-42-38-34-30-26-22-18-14-10-6-2/h57-60H,5-44,49-52H2,1-4H3. The van der Waals surface area contributed by atoms with Crippen molar-refractivity contribution in [1.29, 1.82) is 0 Å². The lowest BCUT2D eigenvalue weighted by atomic mass is 9.91. The maximum absolute atomic E-state index is 3.51. The molecule has 0 bridgehead atoms. The molecule has 0 unspecified atom stereocenters. The summed E-state index contributed by atoms with van der Waals surface area (Å²) in [5.74, 6) is 27.3. The maximum Gasteiger partial charge on any atom is 0.0415 e. The van der Waals surface area contributed by atoms with Gasteiger partial charge in [0, 0.05) is 22.3 Å². The van der Waals surface area contributed by atoms with Crippen LogP contribution in [0.4, 0.5) is 0 Å². The van der Waals surface area contributed by atoms with Crippen LogP contribution in [0.1, 0.15) is 329 Å². The topological polar surface area (TPSA) is 0 Å². The molecule has 0 fully saturated rings. The third-order valence-corrected chi connectivity index (χ3v) is 14.8. The van der Waals surface area contributed by atoms with E-state index in [-0.39, 0.29) is 0 Å². The molecule has 0 saturated heterocycles. The van der Waals surface area contributed by atoms with Crippen molar-refractivity contribution in [3.8, 4) is 47.4 Å². The molecular formula is C68H104. The second-order valence-corrected chi connectivity index (χ2v) is 21.1. The van der Waals surface area contributed by atoms with Crippen molar-refractivity contribution < 1.29 is 0 Å². The van der Waals surface area contributed by atoms with Crippen LogP contribution < -0.4 is 0 Å². The summed E-state index contributed by atoms with van der Waals surface area (Å²) < 4.78 is 0. The summed E-state index contributed by atoms with van der Waals surface area (Å²) in [5.41, 5.74) is 10.0. The number of aryl methyl sites for hydroxylation is 4. The quantitative estimate of drug-likeness (QED) is 0.0459. The molecule has 0 heteroatoms. The fraction of sp³-hybridized carbons (Fsp3) is 0.706. The van der Waals surface area contributed by atoms with Gasteiger partial charge >= 0.3 is 0 Å². The molecule has 376 valence electrons. The zero-order valence-electron chi connectivity index (χ0n) is 45.4. The van der Waals surface area contributed by atoms with Crippen LogP contribution in [0.5, 0.6) is 0 Å². The molecule has 1 aliphatic rings. The van der Waals surface area contributed by atoms with Gasteiger partial charge in [-0.25, -0.2) is 0 Å². The summed E-state index contributed by atoms with van der Waals surface area (Å²) in [6.45, 7) is 9.23. The Morgan fingerprint density at radius 1 is 0.206 bits per heavy atom. The fourth-order valence-electron chi connectivity index (χ4n) is 10.3. The van der Waals surface area contributed by atoms with E-state index in [0.717, 1.165) is 47.9 Å². The van der Waals surface area contributed by atoms with Crippen molar-refractivity contribution in [1.82, 2.24) is 0 Å². The average Bonchev–Trinajstić information content (AvgIpc) is 3.34. The van der Waals surface area contributed by atoms with E-state index in [1.165, 1.54) is 279 Å². The Balaban J connectivity index is 1.75. The molecule has 0 aromatic heterocycles. The Morgan fingerprint density at radius 2 is 0.353 bits per heavy atom. The van der Waals surface area contributed by atoms with Crippen molar-refractivity contribution in [3.63, 3.8) is 0 Å². The first-order chi connectivity index (χ1) is 33.7. The van der Waals surface area contributed by atoms with Crippen LogP contribution >= 0.6 is 0 Å². The lowest BCUT2D eigenvalue weighted by molar-refractivity contribution is 0.553. The summed E-state index contributed by atoms with van der Waals surface area (Å²) in [4.78, 5) is 0. The smallest absolute Gasteiger partial charge is 0.0415 e. The minimum Gasteiger partial charge on any atom is -0.0654 e. The minimum absolute atomic E-state index is 1.02. The van der Waals surface area contributed by atoms with Gasteiger partial charge in [-0.3, -0.25) is 0 Å². The predicted octanol–water partition coefficient (Wildman–Crippen LogP) is 20.7. The highest BCUT2D eigenvalue weighted by Crippen LogP contribution is 2.25. The maximum atomic E-state index is 3.51. The molecule has 1 aliphatic carbocycles. The van der Waals surface area contributed by atoms with E-state index in [1.54, 1.807) is 0 Å². The van der Waals surface area contributed by atoms with E-state index in [9.17, 15) is 0 Å². The number of rotatable bonds is 44. The van der Waals surface area contributed by atoms with Gasteiger partial charge in [-0.1, -0.05) is 283 Å². The molecule has 0 saturated carbocycles. The number of fused-ring (bicyclic) bond motifs is 2. The average molecular weight is 922 g/mol. The van der Waals surface area contributed by atoms with Crippen molar-refractivity contribution in [3.05, 3.63) is 68.8 Å². The first kappa shape index (κ1) is 59.0. The van der Waals surface area contributed by atoms with Crippen LogP contribution in [0.3, 0.4) is 0 Å². The molecule has 2 aromatic carbocycles. The summed E-state index contributed by atoms with van der Waals surface area (Å²) in [6, 6.07) is 9.54. The Labute approximate surface area is 424 Å². The molecule has 0 radical (unpaired) electrons. The Kier molecular flexibility index (Phi) is 36.9. The van der Waals surface area contributed by atoms with Gasteiger partial charge < -0.3 is 0 Å². The lowest BCUT2D eigenvalue weighted by Crippen LogP contribution is -2.00. The Bertz CT molecular complexity index is 1550. The second-order valence-electron chi connectivity index (χ2n) is 21.1. The predicted molar refractivity (Wildman–Crippen MR) is 303 cm³/mol. The molecule has 0 heterocycles. The van der Waals surface area contributed by atoms with Crippen LogP contribution in [-0.4, -0.2) is 0 Å². The van der Waals surface area contributed by atoms with Gasteiger partial charge in [-0.15, -0.1) is 0 Å². The third kappa shape index (κ3) is 29.0. The van der Waals surface area contributed by atoms with E-state index in [1.807, 2.05) is 0 Å². The van der Waals surface area contributed by atoms with Crippen LogP contribution in [0, 0.1) is 47.4 Å². The van der Waals surface area contributed by atoms with E-state index in [0.29, 0.717) is 0 Å². The van der Waals surface area contributed by atoms with Gasteiger partial charge in [0.2, 0.25) is 0 Å². The Hall–Kier alpha value is -3.32. The molecule has 0 N–H and O–H groups in total. The van der Waals surface area contributed by atoms with Crippen LogP contribution in [-0.2, 0) is 25.7 Å². The van der Waals surface area contributed by atoms with E-state index < -0.39 is 0 Å². The van der Waals surface area contributed by atoms with Crippen LogP contribution in [0.25, 0.3) is 0 Å². The van der Waals surface area contributed by atoms with Crippen LogP contribution in [0.15, 0.2) is 24.3 Å². The highest BCUT2D eigenvalue weighted by Gasteiger charge is 2.11. The Morgan fingerprint density at radius 3 is 0.515 bits per heavy atom. The van der Waals surface area contributed by atoms with E-state index >= 15 is 0 Å². The molecule has 0 aliphatic heterocycles. The minimum atomic E-state index is 1.02. The number of unbranched alkanes of at least 4 members (excludes halogenated alkanes) is 36. The monoisotopic (exact) mass is 921 g/mol. The van der Waals surface area contributed by atoms with Gasteiger partial charge in [0.05, 0.1) is 0 Å². The van der Waals surface area contributed by atoms with Gasteiger partial charge in [0.25, 0.3) is 0 Å². The van der Waals surface area contributed by atoms with Gasteiger partial charge in [0.15, 0.2) is 0 Å². The molecule has 0 atom stereocenters. The van der Waals surface area contributed by atoms with Gasteiger partial charge in [-0.2, -0.15) is 0 Å². The highest BCUT2D eigenvalue weighted by atomic mass is 14.2. The molecule has 0 spiro atoms. The SMILES string of the molecule is CCCCCCCCCCCCc1cc2c(cc1CCCCCCCCCCCC)C#CC#Cc1cc(CCCCCCCCCCCC)c(CCCCCCCCCCCC)cc1C#CC#C2. The third-order valence-electron chi connectivity index (χ3n) is 14.8. The van der Waals surface area contributed by atoms with Crippen molar-refractivity contribution in [2.24, 2.45) is 0 Å². The van der Waals surface area contributed by atoms with Crippen LogP contribution in [0.2, 0.25) is 0 Å². The van der Waals surface area contributed by atoms with Gasteiger partial charge in [-0.05, 0) is 122 Å². The molecule has 3 rings (SSSR count). The lowest BCUT2D eigenvalue weighted by Gasteiger charge is -2.13. The molecule has 0 amide bonds. The van der Waals surface area contributed by atoms with Crippen molar-refractivity contribution in [2.45, 2.75) is 310 Å². The van der Waals surface area contributed by atoms with E-state index in [2.05, 4.69) is 99.3 Å². The second kappa shape index (κ2) is 42.5. The summed E-state index contributed by atoms with van der Waals surface area (Å²) in [6.07, 6.45) is 59.2. The zero-order valence-corrected chi connectivity index (χ0v) is 45.4. The zero-order chi connectivity index (χ0) is 48.2. The largest absolute Gasteiger partial charge is 0.0654 e. The van der Waals surface area contributed by atoms with Crippen molar-refractivity contribution >= 4 is 0 Å². The normalized spacial score (nSPS) is 11.5. The number of benzene rings is 2. The fourth-order valence-corrected chi connectivity index (χ4v) is 10.3. The van der Waals surface area contributed by atoms with Crippen molar-refractivity contribution in [2.75, 3.05) is 0 Å². The number of hydrogen-bond acceptors (Lipinski definition) is 0. The molecule has 68 heavy (non-hydrogen) atoms. The first-order valence-corrected chi connectivity index (χ1v) is 30.1.